The van der Waals surface area contributed by atoms with Gasteiger partial charge in [-0.3, -0.25) is 10.1 Å². The van der Waals surface area contributed by atoms with Crippen LogP contribution in [0.2, 0.25) is 0 Å². The van der Waals surface area contributed by atoms with Crippen molar-refractivity contribution in [1.82, 2.24) is 0 Å². The molecule has 1 aromatic carbocycles. The number of non-ortho nitro benzene ring substituents is 1. The predicted octanol–water partition coefficient (Wildman–Crippen LogP) is 2.86. The second-order valence-corrected chi connectivity index (χ2v) is 4.51. The molecule has 0 aliphatic carbocycles. The molecule has 0 bridgehead atoms. The molecule has 0 spiro atoms. The van der Waals surface area contributed by atoms with Crippen molar-refractivity contribution in [3.05, 3.63) is 44.4 Å². The number of nitrogens with zero attached hydrogens (tertiary/aromatic N) is 1. The highest BCUT2D eigenvalue weighted by atomic mass is 79.9. The average Bonchev–Trinajstić information content (AvgIpc) is 2.36. The van der Waals surface area contributed by atoms with E-state index >= 15 is 0 Å². The Morgan fingerprint density at radius 1 is 1.47 bits per heavy atom. The van der Waals surface area contributed by atoms with E-state index in [0.717, 1.165) is 0 Å². The van der Waals surface area contributed by atoms with Crippen LogP contribution in [0.5, 0.6) is 5.75 Å². The fraction of sp³-hybridized carbons (Fsp3) is 0.250. The quantitative estimate of drug-likeness (QED) is 0.359. The molecular weight excluding hydrogens is 318 g/mol. The zero-order chi connectivity index (χ0) is 14.4. The highest BCUT2D eigenvalue weighted by Crippen LogP contribution is 2.26. The van der Waals surface area contributed by atoms with Crippen LogP contribution in [0.3, 0.4) is 0 Å². The van der Waals surface area contributed by atoms with Gasteiger partial charge in [0.25, 0.3) is 5.69 Å². The highest BCUT2D eigenvalue weighted by Gasteiger charge is 2.09. The summed E-state index contributed by atoms with van der Waals surface area (Å²) in [4.78, 5) is 21.3. The van der Waals surface area contributed by atoms with Gasteiger partial charge in [0.2, 0.25) is 0 Å². The Morgan fingerprint density at radius 2 is 2.16 bits per heavy atom. The molecule has 102 valence electrons. The predicted molar refractivity (Wildman–Crippen MR) is 72.1 cm³/mol. The van der Waals surface area contributed by atoms with Gasteiger partial charge < -0.3 is 9.47 Å². The van der Waals surface area contributed by atoms with Gasteiger partial charge in [-0.2, -0.15) is 0 Å². The van der Waals surface area contributed by atoms with Gasteiger partial charge in [-0.05, 0) is 19.1 Å². The Kier molecular flexibility index (Phi) is 5.50. The zero-order valence-corrected chi connectivity index (χ0v) is 12.0. The molecule has 0 atom stereocenters. The smallest absolute Gasteiger partial charge is 0.333 e. The van der Waals surface area contributed by atoms with Crippen LogP contribution in [0.1, 0.15) is 6.92 Å². The van der Waals surface area contributed by atoms with Crippen LogP contribution < -0.4 is 4.74 Å². The first kappa shape index (κ1) is 15.2. The van der Waals surface area contributed by atoms with Crippen molar-refractivity contribution in [3.8, 4) is 5.75 Å². The minimum absolute atomic E-state index is 0.0713. The molecule has 0 aromatic heterocycles. The Bertz CT molecular complexity index is 527. The van der Waals surface area contributed by atoms with Crippen LogP contribution in [-0.4, -0.2) is 24.6 Å². The summed E-state index contributed by atoms with van der Waals surface area (Å²) < 4.78 is 10.4. The molecule has 1 aromatic rings. The van der Waals surface area contributed by atoms with Gasteiger partial charge in [-0.25, -0.2) is 4.79 Å². The molecule has 0 N–H and O–H groups in total. The number of rotatable bonds is 5. The number of nitro groups is 1. The molecule has 0 amide bonds. The number of benzene rings is 1. The third-order valence-corrected chi connectivity index (χ3v) is 2.67. The van der Waals surface area contributed by atoms with Gasteiger partial charge in [-0.1, -0.05) is 15.9 Å². The monoisotopic (exact) mass is 329 g/mol. The minimum atomic E-state index is -0.507. The molecule has 0 saturated heterocycles. The number of ether oxygens (including phenoxy) is 2. The summed E-state index contributed by atoms with van der Waals surface area (Å²) in [7, 11) is 1.29. The maximum Gasteiger partial charge on any atom is 0.333 e. The molecule has 6 nitrogen and oxygen atoms in total. The number of carbonyl (C=O) groups excluding carboxylic acids is 1. The van der Waals surface area contributed by atoms with Crippen molar-refractivity contribution in [2.24, 2.45) is 0 Å². The second-order valence-electron chi connectivity index (χ2n) is 3.59. The van der Waals surface area contributed by atoms with Crippen LogP contribution in [0.25, 0.3) is 0 Å². The lowest BCUT2D eigenvalue weighted by Crippen LogP contribution is -2.04. The SMILES string of the molecule is COC(=O)/C(C)=C/COc1cc(Br)cc([N+](=O)[O-])c1. The standard InChI is InChI=1S/C12H12BrNO5/c1-8(12(15)18-2)3-4-19-11-6-9(13)5-10(7-11)14(16)17/h3,5-7H,4H2,1-2H3/b8-3+. The molecule has 0 aliphatic rings. The fourth-order valence-electron chi connectivity index (χ4n) is 1.24. The maximum absolute atomic E-state index is 11.1. The van der Waals surface area contributed by atoms with E-state index in [1.54, 1.807) is 19.1 Å². The highest BCUT2D eigenvalue weighted by molar-refractivity contribution is 9.10. The Labute approximate surface area is 118 Å². The van der Waals surface area contributed by atoms with Crippen molar-refractivity contribution in [1.29, 1.82) is 0 Å². The van der Waals surface area contributed by atoms with Crippen molar-refractivity contribution in [2.45, 2.75) is 6.92 Å². The summed E-state index contributed by atoms with van der Waals surface area (Å²) >= 11 is 3.16. The van der Waals surface area contributed by atoms with Crippen molar-refractivity contribution in [2.75, 3.05) is 13.7 Å². The number of nitro benzene ring substituents is 1. The van der Waals surface area contributed by atoms with Crippen molar-refractivity contribution >= 4 is 27.6 Å². The largest absolute Gasteiger partial charge is 0.489 e. The zero-order valence-electron chi connectivity index (χ0n) is 10.4. The molecule has 0 saturated carbocycles. The van der Waals surface area contributed by atoms with E-state index in [4.69, 9.17) is 4.74 Å². The lowest BCUT2D eigenvalue weighted by molar-refractivity contribution is -0.385. The van der Waals surface area contributed by atoms with E-state index < -0.39 is 10.9 Å². The number of esters is 1. The summed E-state index contributed by atoms with van der Waals surface area (Å²) in [5.41, 5.74) is 0.338. The molecular formula is C12H12BrNO5. The third-order valence-electron chi connectivity index (χ3n) is 2.21. The van der Waals surface area contributed by atoms with Crippen LogP contribution in [0.4, 0.5) is 5.69 Å². The summed E-state index contributed by atoms with van der Waals surface area (Å²) in [5.74, 6) is -0.0983. The lowest BCUT2D eigenvalue weighted by Gasteiger charge is -2.05. The van der Waals surface area contributed by atoms with Crippen LogP contribution in [0.15, 0.2) is 34.3 Å². The molecule has 0 radical (unpaired) electrons. The van der Waals surface area contributed by atoms with Gasteiger partial charge in [0, 0.05) is 16.1 Å². The number of methoxy groups -OCH3 is 1. The number of hydrogen-bond acceptors (Lipinski definition) is 5. The molecule has 19 heavy (non-hydrogen) atoms. The van der Waals surface area contributed by atoms with Gasteiger partial charge in [0.15, 0.2) is 0 Å². The number of hydrogen-bond donors (Lipinski definition) is 0. The Balaban J connectivity index is 2.73. The van der Waals surface area contributed by atoms with E-state index in [1.165, 1.54) is 19.2 Å². The van der Waals surface area contributed by atoms with Crippen molar-refractivity contribution < 1.29 is 19.2 Å². The number of carbonyl (C=O) groups is 1. The van der Waals surface area contributed by atoms with Crippen molar-refractivity contribution in [3.63, 3.8) is 0 Å². The Hall–Kier alpha value is -1.89. The lowest BCUT2D eigenvalue weighted by atomic mass is 10.3. The summed E-state index contributed by atoms with van der Waals surface area (Å²) in [6.07, 6.45) is 1.54. The van der Waals surface area contributed by atoms with E-state index in [0.29, 0.717) is 15.8 Å². The summed E-state index contributed by atoms with van der Waals surface area (Å²) in [6.45, 7) is 1.72. The Morgan fingerprint density at radius 3 is 2.74 bits per heavy atom. The molecule has 7 heteroatoms. The minimum Gasteiger partial charge on any atom is -0.489 e. The molecule has 0 fully saturated rings. The molecule has 0 aliphatic heterocycles. The second kappa shape index (κ2) is 6.89. The van der Waals surface area contributed by atoms with Crippen LogP contribution in [0, 0.1) is 10.1 Å². The summed E-state index contributed by atoms with van der Waals surface area (Å²) in [5, 5.41) is 10.7. The van der Waals surface area contributed by atoms with E-state index in [9.17, 15) is 14.9 Å². The van der Waals surface area contributed by atoms with Gasteiger partial charge >= 0.3 is 5.97 Å². The first-order chi connectivity index (χ1) is 8.93. The third kappa shape index (κ3) is 4.70. The first-order valence-electron chi connectivity index (χ1n) is 5.27. The molecule has 0 unspecified atom stereocenters. The van der Waals surface area contributed by atoms with Crippen LogP contribution in [-0.2, 0) is 9.53 Å². The maximum atomic E-state index is 11.1. The average molecular weight is 330 g/mol. The van der Waals surface area contributed by atoms with Gasteiger partial charge in [-0.15, -0.1) is 0 Å². The first-order valence-corrected chi connectivity index (χ1v) is 6.06. The van der Waals surface area contributed by atoms with E-state index in [2.05, 4.69) is 20.7 Å². The van der Waals surface area contributed by atoms with Crippen LogP contribution >= 0.6 is 15.9 Å². The van der Waals surface area contributed by atoms with Gasteiger partial charge in [0.1, 0.15) is 12.4 Å². The normalized spacial score (nSPS) is 11.0. The van der Waals surface area contributed by atoms with E-state index in [1.807, 2.05) is 0 Å². The molecule has 1 rings (SSSR count). The molecule has 0 heterocycles. The fourth-order valence-corrected chi connectivity index (χ4v) is 1.70. The topological polar surface area (TPSA) is 78.7 Å². The summed E-state index contributed by atoms with van der Waals surface area (Å²) in [6, 6.07) is 4.29. The van der Waals surface area contributed by atoms with Gasteiger partial charge in [0.05, 0.1) is 18.1 Å². The van der Waals surface area contributed by atoms with E-state index in [-0.39, 0.29) is 12.3 Å². The number of halogens is 1.